The smallest absolute Gasteiger partial charge is 0.184 e. The summed E-state index contributed by atoms with van der Waals surface area (Å²) < 4.78 is 13.1. The Bertz CT molecular complexity index is 610. The number of rotatable bonds is 4. The van der Waals surface area contributed by atoms with Gasteiger partial charge in [0.25, 0.3) is 0 Å². The molecule has 0 aliphatic heterocycles. The number of tetrazole rings is 1. The predicted octanol–water partition coefficient (Wildman–Crippen LogP) is 0.998. The average Bonchev–Trinajstić information content (AvgIpc) is 2.80. The van der Waals surface area contributed by atoms with Crippen LogP contribution in [-0.4, -0.2) is 35.9 Å². The summed E-state index contributed by atoms with van der Waals surface area (Å²) in [5.41, 5.74) is 8.52. The zero-order valence-electron chi connectivity index (χ0n) is 11.2. The van der Waals surface area contributed by atoms with Gasteiger partial charge in [0.05, 0.1) is 11.8 Å². The molecule has 1 aromatic heterocycles. The van der Waals surface area contributed by atoms with E-state index in [9.17, 15) is 4.21 Å². The molecule has 0 saturated heterocycles. The van der Waals surface area contributed by atoms with E-state index in [0.717, 1.165) is 11.1 Å². The lowest BCUT2D eigenvalue weighted by Crippen LogP contribution is -2.19. The van der Waals surface area contributed by atoms with Crippen LogP contribution in [0.4, 0.5) is 5.69 Å². The summed E-state index contributed by atoms with van der Waals surface area (Å²) in [5, 5.41) is 11.6. The van der Waals surface area contributed by atoms with Gasteiger partial charge in [-0.2, -0.15) is 0 Å². The highest BCUT2D eigenvalue weighted by atomic mass is 32.2. The molecule has 0 fully saturated rings. The molecule has 2 aromatic rings. The Morgan fingerprint density at radius 3 is 2.89 bits per heavy atom. The maximum absolute atomic E-state index is 11.4. The molecule has 0 bridgehead atoms. The van der Waals surface area contributed by atoms with Crippen LogP contribution in [0.25, 0.3) is 11.4 Å². The van der Waals surface area contributed by atoms with Crippen LogP contribution in [0.2, 0.25) is 0 Å². The molecular weight excluding hydrogens is 262 g/mol. The average molecular weight is 279 g/mol. The van der Waals surface area contributed by atoms with Crippen molar-refractivity contribution < 1.29 is 4.21 Å². The summed E-state index contributed by atoms with van der Waals surface area (Å²) in [4.78, 5) is 0. The molecule has 1 aromatic carbocycles. The SMILES string of the molecule is Cc1cccc(-c2nnnn2CC(C)S(C)=O)c1N. The molecule has 102 valence electrons. The summed E-state index contributed by atoms with van der Waals surface area (Å²) >= 11 is 0. The minimum absolute atomic E-state index is 0.0201. The van der Waals surface area contributed by atoms with Gasteiger partial charge in [-0.15, -0.1) is 5.10 Å². The second kappa shape index (κ2) is 5.48. The molecule has 6 nitrogen and oxygen atoms in total. The van der Waals surface area contributed by atoms with E-state index in [4.69, 9.17) is 5.73 Å². The number of nitrogens with zero attached hydrogens (tertiary/aromatic N) is 4. The van der Waals surface area contributed by atoms with E-state index in [1.165, 1.54) is 0 Å². The number of anilines is 1. The Labute approximate surface area is 114 Å². The Kier molecular flexibility index (Phi) is 3.94. The van der Waals surface area contributed by atoms with Crippen LogP contribution in [0.3, 0.4) is 0 Å². The number of nitrogen functional groups attached to an aromatic ring is 1. The van der Waals surface area contributed by atoms with Crippen LogP contribution in [-0.2, 0) is 17.3 Å². The van der Waals surface area contributed by atoms with Crippen molar-refractivity contribution in [3.63, 3.8) is 0 Å². The summed E-state index contributed by atoms with van der Waals surface area (Å²) in [5.74, 6) is 0.610. The van der Waals surface area contributed by atoms with Gasteiger partial charge in [-0.1, -0.05) is 12.1 Å². The van der Waals surface area contributed by atoms with E-state index < -0.39 is 10.8 Å². The van der Waals surface area contributed by atoms with Crippen molar-refractivity contribution in [1.82, 2.24) is 20.2 Å². The second-order valence-corrected chi connectivity index (χ2v) is 6.33. The molecule has 2 N–H and O–H groups in total. The Morgan fingerprint density at radius 2 is 2.21 bits per heavy atom. The van der Waals surface area contributed by atoms with Crippen molar-refractivity contribution in [2.24, 2.45) is 0 Å². The highest BCUT2D eigenvalue weighted by molar-refractivity contribution is 7.84. The fraction of sp³-hybridized carbons (Fsp3) is 0.417. The molecule has 2 atom stereocenters. The van der Waals surface area contributed by atoms with Gasteiger partial charge < -0.3 is 5.73 Å². The van der Waals surface area contributed by atoms with Gasteiger partial charge in [0.15, 0.2) is 5.82 Å². The first-order valence-electron chi connectivity index (χ1n) is 5.94. The summed E-state index contributed by atoms with van der Waals surface area (Å²) in [6.07, 6.45) is 1.68. The molecule has 0 aliphatic carbocycles. The zero-order chi connectivity index (χ0) is 14.0. The van der Waals surface area contributed by atoms with Crippen molar-refractivity contribution in [1.29, 1.82) is 0 Å². The van der Waals surface area contributed by atoms with Gasteiger partial charge in [0.1, 0.15) is 0 Å². The summed E-state index contributed by atoms with van der Waals surface area (Å²) in [6, 6.07) is 5.75. The van der Waals surface area contributed by atoms with Crippen molar-refractivity contribution in [3.05, 3.63) is 23.8 Å². The first kappa shape index (κ1) is 13.7. The molecule has 0 saturated carbocycles. The topological polar surface area (TPSA) is 86.7 Å². The zero-order valence-corrected chi connectivity index (χ0v) is 12.0. The van der Waals surface area contributed by atoms with Gasteiger partial charge in [-0.25, -0.2) is 4.68 Å². The number of aryl methyl sites for hydroxylation is 1. The predicted molar refractivity (Wildman–Crippen MR) is 75.9 cm³/mol. The maximum Gasteiger partial charge on any atom is 0.184 e. The number of para-hydroxylation sites is 1. The third-order valence-corrected chi connectivity index (χ3v) is 4.38. The van der Waals surface area contributed by atoms with Crippen LogP contribution >= 0.6 is 0 Å². The Hall–Kier alpha value is -1.76. The lowest BCUT2D eigenvalue weighted by molar-refractivity contribution is 0.579. The molecule has 2 rings (SSSR count). The number of hydrogen-bond donors (Lipinski definition) is 1. The van der Waals surface area contributed by atoms with Crippen LogP contribution in [0, 0.1) is 6.92 Å². The normalized spacial score (nSPS) is 14.3. The molecule has 1 heterocycles. The lowest BCUT2D eigenvalue weighted by atomic mass is 10.1. The maximum atomic E-state index is 11.4. The van der Waals surface area contributed by atoms with Gasteiger partial charge in [0.2, 0.25) is 0 Å². The summed E-state index contributed by atoms with van der Waals surface area (Å²) in [7, 11) is -0.917. The minimum Gasteiger partial charge on any atom is -0.398 e. The van der Waals surface area contributed by atoms with E-state index in [1.807, 2.05) is 32.0 Å². The van der Waals surface area contributed by atoms with Gasteiger partial charge in [-0.05, 0) is 35.9 Å². The van der Waals surface area contributed by atoms with Gasteiger partial charge in [-0.3, -0.25) is 4.21 Å². The monoisotopic (exact) mass is 279 g/mol. The Morgan fingerprint density at radius 1 is 1.47 bits per heavy atom. The van der Waals surface area contributed by atoms with Gasteiger partial charge >= 0.3 is 0 Å². The molecule has 0 amide bonds. The Balaban J connectivity index is 2.39. The first-order valence-corrected chi connectivity index (χ1v) is 7.56. The molecule has 0 spiro atoms. The standard InChI is InChI=1S/C12H17N5OS/c1-8-5-4-6-10(11(8)13)12-14-15-16-17(12)7-9(2)19(3)18/h4-6,9H,7,13H2,1-3H3. The van der Waals surface area contributed by atoms with Crippen LogP contribution in [0.15, 0.2) is 18.2 Å². The lowest BCUT2D eigenvalue weighted by Gasteiger charge is -2.11. The summed E-state index contributed by atoms with van der Waals surface area (Å²) in [6.45, 7) is 4.34. The first-order chi connectivity index (χ1) is 9.00. The molecule has 2 unspecified atom stereocenters. The number of benzene rings is 1. The molecule has 7 heteroatoms. The van der Waals surface area contributed by atoms with Crippen molar-refractivity contribution in [3.8, 4) is 11.4 Å². The molecule has 0 radical (unpaired) electrons. The van der Waals surface area contributed by atoms with Crippen molar-refractivity contribution >= 4 is 16.5 Å². The molecule has 19 heavy (non-hydrogen) atoms. The van der Waals surface area contributed by atoms with Crippen molar-refractivity contribution in [2.75, 3.05) is 12.0 Å². The third kappa shape index (κ3) is 2.81. The highest BCUT2D eigenvalue weighted by Crippen LogP contribution is 2.26. The van der Waals surface area contributed by atoms with Gasteiger partial charge in [0, 0.05) is 28.3 Å². The second-order valence-electron chi connectivity index (χ2n) is 4.53. The van der Waals surface area contributed by atoms with Crippen LogP contribution < -0.4 is 5.73 Å². The number of hydrogen-bond acceptors (Lipinski definition) is 5. The molecular formula is C12H17N5OS. The van der Waals surface area contributed by atoms with Crippen molar-refractivity contribution in [2.45, 2.75) is 25.6 Å². The van der Waals surface area contributed by atoms with Crippen LogP contribution in [0.1, 0.15) is 12.5 Å². The quantitative estimate of drug-likeness (QED) is 0.844. The van der Waals surface area contributed by atoms with E-state index in [-0.39, 0.29) is 5.25 Å². The fourth-order valence-corrected chi connectivity index (χ4v) is 2.10. The van der Waals surface area contributed by atoms with E-state index in [0.29, 0.717) is 18.1 Å². The third-order valence-electron chi connectivity index (χ3n) is 3.09. The highest BCUT2D eigenvalue weighted by Gasteiger charge is 2.16. The van der Waals surface area contributed by atoms with E-state index in [1.54, 1.807) is 10.9 Å². The number of aromatic nitrogens is 4. The van der Waals surface area contributed by atoms with Crippen LogP contribution in [0.5, 0.6) is 0 Å². The fourth-order valence-electron chi connectivity index (χ4n) is 1.74. The number of nitrogens with two attached hydrogens (primary N) is 1. The largest absolute Gasteiger partial charge is 0.398 e. The molecule has 0 aliphatic rings. The minimum atomic E-state index is -0.917. The van der Waals surface area contributed by atoms with E-state index >= 15 is 0 Å². The van der Waals surface area contributed by atoms with E-state index in [2.05, 4.69) is 15.5 Å².